The molecule has 1 unspecified atom stereocenters. The number of hydrogen-bond acceptors (Lipinski definition) is 2. The van der Waals surface area contributed by atoms with Gasteiger partial charge in [0.05, 0.1) is 12.6 Å². The number of Topliss-reactive ketones (excluding diaryl/α,β-unsaturated/α-hetero) is 1. The molecule has 0 saturated carbocycles. The third kappa shape index (κ3) is 0.906. The van der Waals surface area contributed by atoms with Crippen LogP contribution in [-0.4, -0.2) is 47.8 Å². The minimum Gasteiger partial charge on any atom is -0.320 e. The van der Waals surface area contributed by atoms with Crippen LogP contribution in [0.5, 0.6) is 0 Å². The van der Waals surface area contributed by atoms with E-state index in [4.69, 9.17) is 0 Å². The zero-order valence-electron chi connectivity index (χ0n) is 7.12. The summed E-state index contributed by atoms with van der Waals surface area (Å²) in [7, 11) is 1.68. The van der Waals surface area contributed by atoms with Crippen molar-refractivity contribution >= 4 is 11.8 Å². The van der Waals surface area contributed by atoms with Gasteiger partial charge in [-0.05, 0) is 12.8 Å². The molecular weight excluding hydrogens is 156 g/mol. The number of nitrogens with zero attached hydrogens (tertiary/aromatic N) is 2. The third-order valence-corrected chi connectivity index (χ3v) is 2.59. The molecule has 2 aliphatic rings. The van der Waals surface area contributed by atoms with Crippen LogP contribution in [0, 0.1) is 0 Å². The molecule has 2 heterocycles. The molecule has 0 radical (unpaired) electrons. The van der Waals surface area contributed by atoms with Gasteiger partial charge in [-0.25, -0.2) is 4.79 Å². The largest absolute Gasteiger partial charge is 0.320 e. The lowest BCUT2D eigenvalue weighted by Crippen LogP contribution is -2.55. The van der Waals surface area contributed by atoms with Gasteiger partial charge in [-0.15, -0.1) is 0 Å². The fourth-order valence-corrected chi connectivity index (χ4v) is 1.96. The maximum absolute atomic E-state index is 11.5. The molecule has 0 aromatic carbocycles. The van der Waals surface area contributed by atoms with E-state index in [1.165, 1.54) is 4.90 Å². The predicted molar refractivity (Wildman–Crippen MR) is 42.8 cm³/mol. The Kier molecular flexibility index (Phi) is 1.56. The Bertz CT molecular complexity index is 239. The maximum atomic E-state index is 11.5. The minimum absolute atomic E-state index is 0.0112. The fourth-order valence-electron chi connectivity index (χ4n) is 1.96. The minimum atomic E-state index is -0.103. The molecule has 1 atom stereocenters. The van der Waals surface area contributed by atoms with E-state index in [0.29, 0.717) is 6.54 Å². The Labute approximate surface area is 71.1 Å². The van der Waals surface area contributed by atoms with E-state index in [0.717, 1.165) is 19.4 Å². The fraction of sp³-hybridized carbons (Fsp3) is 0.750. The lowest BCUT2D eigenvalue weighted by molar-refractivity contribution is -0.125. The van der Waals surface area contributed by atoms with Gasteiger partial charge in [-0.2, -0.15) is 0 Å². The van der Waals surface area contributed by atoms with Gasteiger partial charge in [0.2, 0.25) is 0 Å². The molecule has 2 fully saturated rings. The Balaban J connectivity index is 2.23. The molecule has 0 bridgehead atoms. The number of carbonyl (C=O) groups is 2. The maximum Gasteiger partial charge on any atom is 0.320 e. The summed E-state index contributed by atoms with van der Waals surface area (Å²) in [5, 5.41) is 0. The molecule has 4 nitrogen and oxygen atoms in total. The Morgan fingerprint density at radius 2 is 2.17 bits per heavy atom. The quantitative estimate of drug-likeness (QED) is 0.514. The van der Waals surface area contributed by atoms with Gasteiger partial charge in [0.15, 0.2) is 5.78 Å². The van der Waals surface area contributed by atoms with Crippen molar-refractivity contribution in [1.82, 2.24) is 9.80 Å². The summed E-state index contributed by atoms with van der Waals surface area (Å²) in [6, 6.07) is -0.0919. The van der Waals surface area contributed by atoms with Crippen molar-refractivity contribution in [2.75, 3.05) is 20.1 Å². The summed E-state index contributed by atoms with van der Waals surface area (Å²) in [5.41, 5.74) is 0. The van der Waals surface area contributed by atoms with Crippen LogP contribution in [0.25, 0.3) is 0 Å². The van der Waals surface area contributed by atoms with Crippen LogP contribution >= 0.6 is 0 Å². The summed E-state index contributed by atoms with van der Waals surface area (Å²) in [6.07, 6.45) is 1.83. The van der Waals surface area contributed by atoms with E-state index >= 15 is 0 Å². The van der Waals surface area contributed by atoms with Crippen LogP contribution < -0.4 is 0 Å². The first kappa shape index (κ1) is 7.58. The van der Waals surface area contributed by atoms with E-state index in [1.54, 1.807) is 11.9 Å². The van der Waals surface area contributed by atoms with Crippen LogP contribution in [0.3, 0.4) is 0 Å². The third-order valence-electron chi connectivity index (χ3n) is 2.59. The SMILES string of the molecule is CN1CC(=O)C2CCCN2C1=O. The highest BCUT2D eigenvalue weighted by Crippen LogP contribution is 2.22. The number of amides is 2. The topological polar surface area (TPSA) is 40.6 Å². The van der Waals surface area contributed by atoms with Gasteiger partial charge in [0.25, 0.3) is 0 Å². The first-order valence-electron chi connectivity index (χ1n) is 4.24. The Hall–Kier alpha value is -1.06. The second-order valence-electron chi connectivity index (χ2n) is 3.46. The lowest BCUT2D eigenvalue weighted by atomic mass is 10.1. The zero-order chi connectivity index (χ0) is 8.72. The molecule has 0 aromatic heterocycles. The second-order valence-corrected chi connectivity index (χ2v) is 3.46. The Morgan fingerprint density at radius 1 is 1.42 bits per heavy atom. The summed E-state index contributed by atoms with van der Waals surface area (Å²) in [6.45, 7) is 1.04. The first-order valence-corrected chi connectivity index (χ1v) is 4.24. The van der Waals surface area contributed by atoms with Gasteiger partial charge in [0, 0.05) is 13.6 Å². The average molecular weight is 168 g/mol. The highest BCUT2D eigenvalue weighted by atomic mass is 16.2. The van der Waals surface area contributed by atoms with Crippen molar-refractivity contribution in [2.45, 2.75) is 18.9 Å². The summed E-state index contributed by atoms with van der Waals surface area (Å²) < 4.78 is 0. The molecule has 0 N–H and O–H groups in total. The second kappa shape index (κ2) is 2.47. The number of fused-ring (bicyclic) bond motifs is 1. The molecular formula is C8H12N2O2. The Morgan fingerprint density at radius 3 is 2.92 bits per heavy atom. The molecule has 66 valence electrons. The normalized spacial score (nSPS) is 29.6. The highest BCUT2D eigenvalue weighted by Gasteiger charge is 2.40. The molecule has 2 rings (SSSR count). The number of carbonyl (C=O) groups excluding carboxylic acids is 2. The van der Waals surface area contributed by atoms with Crippen LogP contribution in [0.2, 0.25) is 0 Å². The van der Waals surface area contributed by atoms with Gasteiger partial charge in [0.1, 0.15) is 0 Å². The molecule has 2 amide bonds. The number of ketones is 1. The van der Waals surface area contributed by atoms with E-state index < -0.39 is 0 Å². The van der Waals surface area contributed by atoms with Crippen molar-refractivity contribution < 1.29 is 9.59 Å². The van der Waals surface area contributed by atoms with Crippen LogP contribution in [0.1, 0.15) is 12.8 Å². The summed E-state index contributed by atoms with van der Waals surface area (Å²) >= 11 is 0. The molecule has 4 heteroatoms. The van der Waals surface area contributed by atoms with Crippen LogP contribution in [0.4, 0.5) is 4.79 Å². The number of rotatable bonds is 0. The summed E-state index contributed by atoms with van der Waals surface area (Å²) in [5.74, 6) is 0.189. The van der Waals surface area contributed by atoms with Gasteiger partial charge in [-0.3, -0.25) is 4.79 Å². The highest BCUT2D eigenvalue weighted by molar-refractivity contribution is 5.96. The van der Waals surface area contributed by atoms with Gasteiger partial charge in [-0.1, -0.05) is 0 Å². The molecule has 0 aromatic rings. The van der Waals surface area contributed by atoms with Gasteiger partial charge < -0.3 is 9.80 Å². The van der Waals surface area contributed by atoms with Crippen LogP contribution in [-0.2, 0) is 4.79 Å². The smallest absolute Gasteiger partial charge is 0.320 e. The first-order chi connectivity index (χ1) is 5.70. The monoisotopic (exact) mass is 168 g/mol. The van der Waals surface area contributed by atoms with Gasteiger partial charge >= 0.3 is 6.03 Å². The summed E-state index contributed by atoms with van der Waals surface area (Å²) in [4.78, 5) is 26.0. The molecule has 2 aliphatic heterocycles. The van der Waals surface area contributed by atoms with E-state index in [-0.39, 0.29) is 17.9 Å². The van der Waals surface area contributed by atoms with Crippen molar-refractivity contribution in [3.8, 4) is 0 Å². The van der Waals surface area contributed by atoms with Crippen LogP contribution in [0.15, 0.2) is 0 Å². The van der Waals surface area contributed by atoms with Crippen molar-refractivity contribution in [2.24, 2.45) is 0 Å². The van der Waals surface area contributed by atoms with E-state index in [1.807, 2.05) is 0 Å². The van der Waals surface area contributed by atoms with Crippen molar-refractivity contribution in [3.05, 3.63) is 0 Å². The van der Waals surface area contributed by atoms with Crippen molar-refractivity contribution in [1.29, 1.82) is 0 Å². The molecule has 12 heavy (non-hydrogen) atoms. The van der Waals surface area contributed by atoms with E-state index in [9.17, 15) is 9.59 Å². The van der Waals surface area contributed by atoms with Crippen molar-refractivity contribution in [3.63, 3.8) is 0 Å². The number of urea groups is 1. The average Bonchev–Trinajstić information content (AvgIpc) is 2.48. The standard InChI is InChI=1S/C8H12N2O2/c1-9-5-7(11)6-3-2-4-10(6)8(9)12/h6H,2-5H2,1H3. The molecule has 0 spiro atoms. The zero-order valence-corrected chi connectivity index (χ0v) is 7.12. The molecule has 0 aliphatic carbocycles. The number of likely N-dealkylation sites (N-methyl/N-ethyl adjacent to an activating group) is 1. The van der Waals surface area contributed by atoms with E-state index in [2.05, 4.69) is 0 Å². The number of hydrogen-bond donors (Lipinski definition) is 0. The lowest BCUT2D eigenvalue weighted by Gasteiger charge is -2.34. The molecule has 2 saturated heterocycles. The predicted octanol–water partition coefficient (Wildman–Crippen LogP) is 0.0853.